The zero-order valence-electron chi connectivity index (χ0n) is 18.3. The van der Waals surface area contributed by atoms with Gasteiger partial charge in [0.05, 0.1) is 22.9 Å². The monoisotopic (exact) mass is 476 g/mol. The number of anilines is 1. The summed E-state index contributed by atoms with van der Waals surface area (Å²) in [6.45, 7) is 4.86. The van der Waals surface area contributed by atoms with Gasteiger partial charge in [0, 0.05) is 12.2 Å². The fraction of sp³-hybridized carbons (Fsp3) is 0.227. The summed E-state index contributed by atoms with van der Waals surface area (Å²) in [6.07, 6.45) is -3.62. The molecule has 8 nitrogen and oxygen atoms in total. The normalized spacial score (nSPS) is 12.3. The van der Waals surface area contributed by atoms with E-state index in [1.54, 1.807) is 13.8 Å². The summed E-state index contributed by atoms with van der Waals surface area (Å²) < 4.78 is 53.0. The second-order valence-corrected chi connectivity index (χ2v) is 7.31. The lowest BCUT2D eigenvalue weighted by molar-refractivity contribution is -0.110. The summed E-state index contributed by atoms with van der Waals surface area (Å²) in [7, 11) is 0. The Bertz CT molecular complexity index is 1210. The number of alkyl halides is 3. The van der Waals surface area contributed by atoms with Crippen LogP contribution in [0.3, 0.4) is 0 Å². The Morgan fingerprint density at radius 3 is 2.53 bits per heavy atom. The van der Waals surface area contributed by atoms with Gasteiger partial charge in [0.1, 0.15) is 11.4 Å². The number of nitrogens with two attached hydrogens (primary N) is 1. The largest absolute Gasteiger partial charge is 0.430 e. The molecule has 2 amide bonds. The molecule has 12 heteroatoms. The van der Waals surface area contributed by atoms with E-state index in [9.17, 15) is 32.4 Å². The second kappa shape index (κ2) is 10.6. The molecule has 1 aromatic carbocycles. The number of aryl methyl sites for hydroxylation is 1. The van der Waals surface area contributed by atoms with Crippen LogP contribution in [0.2, 0.25) is 0 Å². The fourth-order valence-electron chi connectivity index (χ4n) is 2.67. The molecule has 34 heavy (non-hydrogen) atoms. The molecule has 2 aromatic rings. The van der Waals surface area contributed by atoms with E-state index in [0.29, 0.717) is 0 Å². The minimum absolute atomic E-state index is 0.0738. The van der Waals surface area contributed by atoms with Crippen molar-refractivity contribution in [3.8, 4) is 6.07 Å². The van der Waals surface area contributed by atoms with Gasteiger partial charge in [-0.2, -0.15) is 18.4 Å². The molecule has 0 bridgehead atoms. The molecule has 0 aliphatic heterocycles. The lowest BCUT2D eigenvalue weighted by Crippen LogP contribution is -2.32. The topological polar surface area (TPSA) is 133 Å². The standard InChI is InChI=1S/C22H20F4N6O2/c1-11(2)30-20(33)14-8-13(10-27)7-12(3)18(14)32-21(34)16(9-17(28)22(24,25)26)31-19-15(23)5-4-6-29-19/h4-9,11H,28H2,1-3H3,(H,30,33)(H,32,34). The van der Waals surface area contributed by atoms with Crippen molar-refractivity contribution in [3.63, 3.8) is 0 Å². The van der Waals surface area contributed by atoms with Crippen LogP contribution in [0.5, 0.6) is 0 Å². The summed E-state index contributed by atoms with van der Waals surface area (Å²) in [5.74, 6) is -3.49. The number of aromatic nitrogens is 1. The predicted molar refractivity (Wildman–Crippen MR) is 117 cm³/mol. The number of nitriles is 1. The molecule has 0 fully saturated rings. The van der Waals surface area contributed by atoms with Gasteiger partial charge in [-0.3, -0.25) is 9.59 Å². The van der Waals surface area contributed by atoms with Crippen LogP contribution in [0.25, 0.3) is 0 Å². The second-order valence-electron chi connectivity index (χ2n) is 7.31. The van der Waals surface area contributed by atoms with E-state index in [-0.39, 0.29) is 34.5 Å². The molecular formula is C22H20F4N6O2. The maximum atomic E-state index is 14.0. The molecule has 4 N–H and O–H groups in total. The number of hydrogen-bond donors (Lipinski definition) is 3. The number of pyridine rings is 1. The predicted octanol–water partition coefficient (Wildman–Crippen LogP) is 3.66. The number of allylic oxidation sites excluding steroid dienone is 1. The van der Waals surface area contributed by atoms with Crippen molar-refractivity contribution < 1.29 is 27.2 Å². The average Bonchev–Trinajstić information content (AvgIpc) is 2.74. The maximum absolute atomic E-state index is 14.0. The third-order valence-corrected chi connectivity index (χ3v) is 4.19. The fourth-order valence-corrected chi connectivity index (χ4v) is 2.67. The Balaban J connectivity index is 2.61. The Morgan fingerprint density at radius 2 is 1.97 bits per heavy atom. The molecule has 2 rings (SSSR count). The van der Waals surface area contributed by atoms with Crippen molar-refractivity contribution in [2.45, 2.75) is 33.0 Å². The van der Waals surface area contributed by atoms with Crippen molar-refractivity contribution in [2.24, 2.45) is 10.7 Å². The molecule has 0 aliphatic rings. The highest BCUT2D eigenvalue weighted by Crippen LogP contribution is 2.25. The minimum atomic E-state index is -4.99. The van der Waals surface area contributed by atoms with Gasteiger partial charge in [-0.25, -0.2) is 14.4 Å². The number of nitrogens with one attached hydrogen (secondary N) is 2. The zero-order valence-corrected chi connectivity index (χ0v) is 18.3. The molecule has 0 radical (unpaired) electrons. The molecule has 0 atom stereocenters. The van der Waals surface area contributed by atoms with Crippen molar-refractivity contribution in [1.82, 2.24) is 10.3 Å². The Labute approximate surface area is 192 Å². The van der Waals surface area contributed by atoms with Crippen LogP contribution in [-0.4, -0.2) is 34.7 Å². The Morgan fingerprint density at radius 1 is 1.29 bits per heavy atom. The van der Waals surface area contributed by atoms with Crippen LogP contribution in [0.15, 0.2) is 47.2 Å². The minimum Gasteiger partial charge on any atom is -0.395 e. The molecule has 0 spiro atoms. The van der Waals surface area contributed by atoms with Gasteiger partial charge in [-0.1, -0.05) is 0 Å². The first-order valence-electron chi connectivity index (χ1n) is 9.74. The summed E-state index contributed by atoms with van der Waals surface area (Å²) in [4.78, 5) is 32.8. The molecule has 0 unspecified atom stereocenters. The average molecular weight is 476 g/mol. The molecule has 0 saturated carbocycles. The first kappa shape index (κ1) is 26.0. The summed E-state index contributed by atoms with van der Waals surface area (Å²) >= 11 is 0. The number of benzene rings is 1. The quantitative estimate of drug-likeness (QED) is 0.432. The molecule has 0 saturated heterocycles. The van der Waals surface area contributed by atoms with E-state index in [1.807, 2.05) is 6.07 Å². The van der Waals surface area contributed by atoms with Crippen LogP contribution in [0, 0.1) is 24.1 Å². The van der Waals surface area contributed by atoms with Crippen LogP contribution >= 0.6 is 0 Å². The van der Waals surface area contributed by atoms with E-state index in [1.165, 1.54) is 25.1 Å². The third kappa shape index (κ3) is 6.61. The van der Waals surface area contributed by atoms with E-state index < -0.39 is 41.0 Å². The Hall–Kier alpha value is -4.27. The lowest BCUT2D eigenvalue weighted by atomic mass is 10.0. The van der Waals surface area contributed by atoms with Gasteiger partial charge in [0.25, 0.3) is 11.8 Å². The molecule has 1 aromatic heterocycles. The van der Waals surface area contributed by atoms with Crippen molar-refractivity contribution >= 4 is 29.0 Å². The smallest absolute Gasteiger partial charge is 0.395 e. The van der Waals surface area contributed by atoms with E-state index in [4.69, 9.17) is 5.73 Å². The Kier molecular flexibility index (Phi) is 8.07. The number of carbonyl (C=O) groups excluding carboxylic acids is 2. The molecule has 1 heterocycles. The number of carbonyl (C=O) groups is 2. The first-order valence-corrected chi connectivity index (χ1v) is 9.74. The van der Waals surface area contributed by atoms with Gasteiger partial charge >= 0.3 is 6.18 Å². The van der Waals surface area contributed by atoms with Crippen LogP contribution in [0.4, 0.5) is 29.1 Å². The number of nitrogens with zero attached hydrogens (tertiary/aromatic N) is 3. The third-order valence-electron chi connectivity index (χ3n) is 4.19. The van der Waals surface area contributed by atoms with Crippen LogP contribution in [0.1, 0.15) is 35.3 Å². The molecular weight excluding hydrogens is 456 g/mol. The van der Waals surface area contributed by atoms with Gasteiger partial charge < -0.3 is 16.4 Å². The lowest BCUT2D eigenvalue weighted by Gasteiger charge is -2.16. The van der Waals surface area contributed by atoms with Crippen molar-refractivity contribution in [1.29, 1.82) is 5.26 Å². The van der Waals surface area contributed by atoms with E-state index in [0.717, 1.165) is 12.3 Å². The van der Waals surface area contributed by atoms with Crippen LogP contribution in [-0.2, 0) is 4.79 Å². The summed E-state index contributed by atoms with van der Waals surface area (Å²) in [5.41, 5.74) is 2.69. The number of hydrogen-bond acceptors (Lipinski definition) is 6. The summed E-state index contributed by atoms with van der Waals surface area (Å²) in [5, 5.41) is 14.2. The zero-order chi connectivity index (χ0) is 25.6. The van der Waals surface area contributed by atoms with Crippen molar-refractivity contribution in [3.05, 3.63) is 64.7 Å². The van der Waals surface area contributed by atoms with Gasteiger partial charge in [0.15, 0.2) is 11.6 Å². The van der Waals surface area contributed by atoms with E-state index in [2.05, 4.69) is 20.6 Å². The highest BCUT2D eigenvalue weighted by molar-refractivity contribution is 6.47. The van der Waals surface area contributed by atoms with Gasteiger partial charge in [-0.05, 0) is 56.7 Å². The van der Waals surface area contributed by atoms with Gasteiger partial charge in [-0.15, -0.1) is 0 Å². The first-order chi connectivity index (χ1) is 15.8. The van der Waals surface area contributed by atoms with Crippen molar-refractivity contribution in [2.75, 3.05) is 5.32 Å². The maximum Gasteiger partial charge on any atom is 0.430 e. The number of halogens is 4. The number of aliphatic imine (C=N–C) groups is 1. The number of rotatable bonds is 6. The van der Waals surface area contributed by atoms with Crippen LogP contribution < -0.4 is 16.4 Å². The summed E-state index contributed by atoms with van der Waals surface area (Å²) in [6, 6.07) is 6.37. The SMILES string of the molecule is Cc1cc(C#N)cc(C(=O)NC(C)C)c1NC(=O)C(C=C(N)C(F)(F)F)=Nc1ncccc1F. The number of amides is 2. The molecule has 178 valence electrons. The van der Waals surface area contributed by atoms with E-state index >= 15 is 0 Å². The highest BCUT2D eigenvalue weighted by Gasteiger charge is 2.32. The highest BCUT2D eigenvalue weighted by atomic mass is 19.4. The van der Waals surface area contributed by atoms with Gasteiger partial charge in [0.2, 0.25) is 0 Å². The molecule has 0 aliphatic carbocycles.